The van der Waals surface area contributed by atoms with E-state index in [9.17, 15) is 9.59 Å². The summed E-state index contributed by atoms with van der Waals surface area (Å²) < 4.78 is 5.86. The zero-order valence-corrected chi connectivity index (χ0v) is 15.4. The second kappa shape index (κ2) is 10.1. The minimum absolute atomic E-state index is 0.249. The molecule has 0 aliphatic carbocycles. The molecule has 0 saturated heterocycles. The zero-order chi connectivity index (χ0) is 19.6. The molecule has 0 bridgehead atoms. The molecule has 2 amide bonds. The number of carbonyl (C=O) groups excluding carboxylic acids is 2. The summed E-state index contributed by atoms with van der Waals surface area (Å²) in [6, 6.07) is 15.8. The molecular formula is C21H24N2O4. The molecule has 0 saturated carbocycles. The van der Waals surface area contributed by atoms with Crippen LogP contribution in [0.2, 0.25) is 0 Å². The van der Waals surface area contributed by atoms with Crippen LogP contribution in [-0.2, 0) is 4.79 Å². The Kier molecular flexibility index (Phi) is 7.58. The fraction of sp³-hybridized carbons (Fsp3) is 0.238. The van der Waals surface area contributed by atoms with Gasteiger partial charge >= 0.3 is 0 Å². The van der Waals surface area contributed by atoms with Gasteiger partial charge in [0.1, 0.15) is 5.75 Å². The van der Waals surface area contributed by atoms with Crippen molar-refractivity contribution < 1.29 is 19.5 Å². The summed E-state index contributed by atoms with van der Waals surface area (Å²) >= 11 is 0. The second-order valence-corrected chi connectivity index (χ2v) is 6.45. The molecule has 27 heavy (non-hydrogen) atoms. The fourth-order valence-corrected chi connectivity index (χ4v) is 2.42. The Labute approximate surface area is 158 Å². The minimum atomic E-state index is -0.598. The Morgan fingerprint density at radius 3 is 2.33 bits per heavy atom. The summed E-state index contributed by atoms with van der Waals surface area (Å²) in [7, 11) is 0. The lowest BCUT2D eigenvalue weighted by molar-refractivity contribution is -0.119. The maximum atomic E-state index is 12.2. The number of carbonyl (C=O) groups is 2. The topological polar surface area (TPSA) is 87.7 Å². The predicted molar refractivity (Wildman–Crippen MR) is 103 cm³/mol. The first-order valence-corrected chi connectivity index (χ1v) is 8.72. The van der Waals surface area contributed by atoms with Crippen LogP contribution < -0.4 is 15.5 Å². The Bertz CT molecular complexity index is 771. The largest absolute Gasteiger partial charge is 0.471 e. The summed E-state index contributed by atoms with van der Waals surface area (Å²) in [5.41, 5.74) is 2.82. The van der Waals surface area contributed by atoms with Crippen molar-refractivity contribution >= 4 is 17.9 Å². The highest BCUT2D eigenvalue weighted by atomic mass is 16.5. The van der Waals surface area contributed by atoms with E-state index in [1.807, 2.05) is 44.2 Å². The maximum absolute atomic E-state index is 12.2. The van der Waals surface area contributed by atoms with Gasteiger partial charge in [-0.2, -0.15) is 0 Å². The van der Waals surface area contributed by atoms with E-state index in [4.69, 9.17) is 9.94 Å². The molecule has 142 valence electrons. The monoisotopic (exact) mass is 368 g/mol. The molecule has 0 aliphatic heterocycles. The van der Waals surface area contributed by atoms with E-state index in [-0.39, 0.29) is 5.91 Å². The van der Waals surface area contributed by atoms with Crippen molar-refractivity contribution in [3.63, 3.8) is 0 Å². The third kappa shape index (κ3) is 6.95. The summed E-state index contributed by atoms with van der Waals surface area (Å²) in [6.45, 7) is 4.08. The number of amides is 2. The summed E-state index contributed by atoms with van der Waals surface area (Å²) in [5, 5.41) is 11.5. The normalized spacial score (nSPS) is 12.0. The Hall–Kier alpha value is -3.12. The number of hydrogen-bond donors (Lipinski definition) is 3. The SMILES string of the molecule is CC(C)CC(NC(=O)/C=C/c1ccccc1)Oc1ccc(C(=O)NO)cc1. The number of ether oxygens (including phenoxy) is 1. The van der Waals surface area contributed by atoms with Crippen molar-refractivity contribution in [2.75, 3.05) is 0 Å². The highest BCUT2D eigenvalue weighted by Crippen LogP contribution is 2.16. The van der Waals surface area contributed by atoms with Crippen molar-refractivity contribution in [3.05, 3.63) is 71.8 Å². The van der Waals surface area contributed by atoms with Crippen LogP contribution in [0.3, 0.4) is 0 Å². The van der Waals surface area contributed by atoms with Gasteiger partial charge in [-0.05, 0) is 41.8 Å². The molecule has 2 rings (SSSR count). The lowest BCUT2D eigenvalue weighted by atomic mass is 10.1. The lowest BCUT2D eigenvalue weighted by Crippen LogP contribution is -2.39. The van der Waals surface area contributed by atoms with Crippen LogP contribution in [-0.4, -0.2) is 23.2 Å². The summed E-state index contributed by atoms with van der Waals surface area (Å²) in [4.78, 5) is 23.6. The lowest BCUT2D eigenvalue weighted by Gasteiger charge is -2.21. The maximum Gasteiger partial charge on any atom is 0.274 e. The van der Waals surface area contributed by atoms with Gasteiger partial charge in [0.25, 0.3) is 5.91 Å². The van der Waals surface area contributed by atoms with Gasteiger partial charge in [-0.3, -0.25) is 14.8 Å². The van der Waals surface area contributed by atoms with Gasteiger partial charge in [-0.25, -0.2) is 5.48 Å². The minimum Gasteiger partial charge on any atom is -0.471 e. The van der Waals surface area contributed by atoms with Crippen LogP contribution in [0, 0.1) is 5.92 Å². The second-order valence-electron chi connectivity index (χ2n) is 6.45. The standard InChI is InChI=1S/C21H24N2O4/c1-15(2)14-20(22-19(24)13-8-16-6-4-3-5-7-16)27-18-11-9-17(10-12-18)21(25)23-26/h3-13,15,20,26H,14H2,1-2H3,(H,22,24)(H,23,25)/b13-8+. The molecule has 0 aromatic heterocycles. The molecule has 0 heterocycles. The van der Waals surface area contributed by atoms with Crippen molar-refractivity contribution in [1.82, 2.24) is 10.8 Å². The Morgan fingerprint density at radius 1 is 1.07 bits per heavy atom. The molecule has 1 atom stereocenters. The number of rotatable bonds is 8. The molecular weight excluding hydrogens is 344 g/mol. The highest BCUT2D eigenvalue weighted by molar-refractivity contribution is 5.93. The van der Waals surface area contributed by atoms with Gasteiger partial charge in [-0.1, -0.05) is 44.2 Å². The molecule has 3 N–H and O–H groups in total. The average molecular weight is 368 g/mol. The van der Waals surface area contributed by atoms with Crippen molar-refractivity contribution in [2.24, 2.45) is 5.92 Å². The van der Waals surface area contributed by atoms with Gasteiger partial charge in [0.05, 0.1) is 0 Å². The van der Waals surface area contributed by atoms with Crippen LogP contribution in [0.5, 0.6) is 5.75 Å². The first-order valence-electron chi connectivity index (χ1n) is 8.72. The van der Waals surface area contributed by atoms with Gasteiger partial charge in [0, 0.05) is 18.1 Å². The van der Waals surface area contributed by atoms with E-state index in [2.05, 4.69) is 5.32 Å². The van der Waals surface area contributed by atoms with Crippen molar-refractivity contribution in [3.8, 4) is 5.75 Å². The predicted octanol–water partition coefficient (Wildman–Crippen LogP) is 3.39. The number of benzene rings is 2. The quantitative estimate of drug-likeness (QED) is 0.288. The van der Waals surface area contributed by atoms with Crippen molar-refractivity contribution in [1.29, 1.82) is 0 Å². The third-order valence-electron chi connectivity index (χ3n) is 3.71. The van der Waals surface area contributed by atoms with E-state index in [0.717, 1.165) is 5.56 Å². The first kappa shape index (κ1) is 20.2. The van der Waals surface area contributed by atoms with E-state index in [0.29, 0.717) is 23.7 Å². The average Bonchev–Trinajstić information content (AvgIpc) is 2.66. The molecule has 2 aromatic carbocycles. The number of hydroxylamine groups is 1. The highest BCUT2D eigenvalue weighted by Gasteiger charge is 2.15. The number of nitrogens with one attached hydrogen (secondary N) is 2. The van der Waals surface area contributed by atoms with Gasteiger partial charge < -0.3 is 10.1 Å². The van der Waals surface area contributed by atoms with Crippen LogP contribution in [0.25, 0.3) is 6.08 Å². The van der Waals surface area contributed by atoms with Crippen LogP contribution in [0.15, 0.2) is 60.7 Å². The smallest absolute Gasteiger partial charge is 0.274 e. The van der Waals surface area contributed by atoms with E-state index in [1.165, 1.54) is 18.2 Å². The van der Waals surface area contributed by atoms with Crippen LogP contribution in [0.4, 0.5) is 0 Å². The molecule has 0 radical (unpaired) electrons. The third-order valence-corrected chi connectivity index (χ3v) is 3.71. The molecule has 2 aromatic rings. The number of hydrogen-bond acceptors (Lipinski definition) is 4. The first-order chi connectivity index (χ1) is 13.0. The summed E-state index contributed by atoms with van der Waals surface area (Å²) in [6.07, 6.45) is 3.34. The van der Waals surface area contributed by atoms with E-state index in [1.54, 1.807) is 23.7 Å². The molecule has 1 unspecified atom stereocenters. The molecule has 6 nitrogen and oxygen atoms in total. The Morgan fingerprint density at radius 2 is 1.74 bits per heavy atom. The molecule has 0 fully saturated rings. The van der Waals surface area contributed by atoms with Gasteiger partial charge in [0.2, 0.25) is 5.91 Å². The fourth-order valence-electron chi connectivity index (χ4n) is 2.42. The van der Waals surface area contributed by atoms with Gasteiger partial charge in [0.15, 0.2) is 6.23 Å². The van der Waals surface area contributed by atoms with Crippen LogP contribution >= 0.6 is 0 Å². The van der Waals surface area contributed by atoms with Crippen molar-refractivity contribution in [2.45, 2.75) is 26.5 Å². The van der Waals surface area contributed by atoms with Crippen LogP contribution in [0.1, 0.15) is 36.2 Å². The molecule has 0 spiro atoms. The summed E-state index contributed by atoms with van der Waals surface area (Å²) in [5.74, 6) is -0.0178. The zero-order valence-electron chi connectivity index (χ0n) is 15.4. The van der Waals surface area contributed by atoms with E-state index < -0.39 is 12.1 Å². The van der Waals surface area contributed by atoms with E-state index >= 15 is 0 Å². The molecule has 6 heteroatoms. The Balaban J connectivity index is 2.00. The van der Waals surface area contributed by atoms with Gasteiger partial charge in [-0.15, -0.1) is 0 Å². The molecule has 0 aliphatic rings.